The minimum atomic E-state index is 0.132. The van der Waals surface area contributed by atoms with Crippen LogP contribution in [0.15, 0.2) is 30.6 Å². The van der Waals surface area contributed by atoms with Crippen LogP contribution in [-0.2, 0) is 6.54 Å². The van der Waals surface area contributed by atoms with E-state index in [2.05, 4.69) is 27.0 Å². The zero-order chi connectivity index (χ0) is 12.8. The Morgan fingerprint density at radius 3 is 2.72 bits per heavy atom. The summed E-state index contributed by atoms with van der Waals surface area (Å²) in [4.78, 5) is 0. The Hall–Kier alpha value is -1.88. The molecule has 0 aliphatic carbocycles. The highest BCUT2D eigenvalue weighted by atomic mass is 16.3. The van der Waals surface area contributed by atoms with Crippen LogP contribution >= 0.6 is 0 Å². The van der Waals surface area contributed by atoms with Crippen LogP contribution in [0.25, 0.3) is 11.4 Å². The fourth-order valence-electron chi connectivity index (χ4n) is 1.82. The molecule has 5 heteroatoms. The van der Waals surface area contributed by atoms with E-state index in [1.165, 1.54) is 0 Å². The van der Waals surface area contributed by atoms with Gasteiger partial charge in [0.2, 0.25) is 0 Å². The molecule has 1 heterocycles. The van der Waals surface area contributed by atoms with Gasteiger partial charge in [0, 0.05) is 24.3 Å². The monoisotopic (exact) mass is 246 g/mol. The van der Waals surface area contributed by atoms with E-state index in [4.69, 9.17) is 5.11 Å². The Kier molecular flexibility index (Phi) is 4.30. The molecular formula is C13H18N4O. The van der Waals surface area contributed by atoms with Gasteiger partial charge in [-0.15, -0.1) is 10.2 Å². The van der Waals surface area contributed by atoms with E-state index in [0.29, 0.717) is 6.54 Å². The third kappa shape index (κ3) is 2.87. The molecule has 0 saturated carbocycles. The fraction of sp³-hybridized carbons (Fsp3) is 0.385. The Morgan fingerprint density at radius 1 is 1.28 bits per heavy atom. The van der Waals surface area contributed by atoms with Crippen LogP contribution in [0, 0.1) is 0 Å². The number of nitrogens with one attached hydrogen (secondary N) is 1. The molecule has 0 unspecified atom stereocenters. The number of aliphatic hydroxyl groups excluding tert-OH is 1. The summed E-state index contributed by atoms with van der Waals surface area (Å²) in [5.41, 5.74) is 2.05. The van der Waals surface area contributed by atoms with Crippen molar-refractivity contribution in [3.05, 3.63) is 30.6 Å². The van der Waals surface area contributed by atoms with Crippen LogP contribution < -0.4 is 5.32 Å². The first-order valence-electron chi connectivity index (χ1n) is 6.18. The lowest BCUT2D eigenvalue weighted by atomic mass is 10.2. The van der Waals surface area contributed by atoms with E-state index in [0.717, 1.165) is 30.0 Å². The molecule has 0 aliphatic heterocycles. The molecule has 0 radical (unpaired) electrons. The predicted octanol–water partition coefficient (Wildman–Crippen LogP) is 1.76. The number of rotatable bonds is 6. The Bertz CT molecular complexity index is 478. The number of aryl methyl sites for hydroxylation is 1. The maximum absolute atomic E-state index is 8.74. The van der Waals surface area contributed by atoms with Gasteiger partial charge in [-0.3, -0.25) is 0 Å². The molecule has 2 aromatic rings. The Balaban J connectivity index is 2.15. The van der Waals surface area contributed by atoms with Crippen molar-refractivity contribution in [1.82, 2.24) is 14.8 Å². The lowest BCUT2D eigenvalue weighted by Crippen LogP contribution is -2.05. The highest BCUT2D eigenvalue weighted by molar-refractivity contribution is 5.59. The maximum atomic E-state index is 8.74. The summed E-state index contributed by atoms with van der Waals surface area (Å²) in [5.74, 6) is 0.894. The van der Waals surface area contributed by atoms with Gasteiger partial charge in [0.1, 0.15) is 6.33 Å². The van der Waals surface area contributed by atoms with Gasteiger partial charge in [-0.05, 0) is 30.7 Å². The first-order chi connectivity index (χ1) is 8.85. The smallest absolute Gasteiger partial charge is 0.163 e. The van der Waals surface area contributed by atoms with E-state index in [1.807, 2.05) is 24.3 Å². The van der Waals surface area contributed by atoms with Gasteiger partial charge in [0.15, 0.2) is 5.82 Å². The molecule has 0 aliphatic rings. The summed E-state index contributed by atoms with van der Waals surface area (Å²) >= 11 is 0. The second kappa shape index (κ2) is 6.16. The fourth-order valence-corrected chi connectivity index (χ4v) is 1.82. The van der Waals surface area contributed by atoms with E-state index >= 15 is 0 Å². The predicted molar refractivity (Wildman–Crippen MR) is 71.3 cm³/mol. The van der Waals surface area contributed by atoms with Crippen LogP contribution in [0.2, 0.25) is 0 Å². The van der Waals surface area contributed by atoms with Gasteiger partial charge in [-0.25, -0.2) is 0 Å². The third-order valence-electron chi connectivity index (χ3n) is 2.66. The quantitative estimate of drug-likeness (QED) is 0.815. The highest BCUT2D eigenvalue weighted by Crippen LogP contribution is 2.19. The lowest BCUT2D eigenvalue weighted by molar-refractivity contribution is 0.311. The molecule has 0 atom stereocenters. The van der Waals surface area contributed by atoms with Gasteiger partial charge in [0.05, 0.1) is 6.61 Å². The highest BCUT2D eigenvalue weighted by Gasteiger charge is 2.06. The standard InChI is InChI=1S/C13H18N4O/c1-2-8-17-10-15-16-13(17)11-3-5-12(6-4-11)14-7-9-18/h3-6,10,14,18H,2,7-9H2,1H3. The van der Waals surface area contributed by atoms with E-state index < -0.39 is 0 Å². The van der Waals surface area contributed by atoms with Crippen molar-refractivity contribution in [2.45, 2.75) is 19.9 Å². The van der Waals surface area contributed by atoms with Crippen LogP contribution in [0.5, 0.6) is 0 Å². The number of benzene rings is 1. The number of aromatic nitrogens is 3. The summed E-state index contributed by atoms with van der Waals surface area (Å²) < 4.78 is 2.05. The van der Waals surface area contributed by atoms with Crippen LogP contribution in [-0.4, -0.2) is 33.0 Å². The van der Waals surface area contributed by atoms with Crippen LogP contribution in [0.1, 0.15) is 13.3 Å². The van der Waals surface area contributed by atoms with Crippen LogP contribution in [0.4, 0.5) is 5.69 Å². The number of nitrogens with zero attached hydrogens (tertiary/aromatic N) is 3. The van der Waals surface area contributed by atoms with E-state index in [-0.39, 0.29) is 6.61 Å². The molecule has 0 amide bonds. The molecule has 1 aromatic heterocycles. The summed E-state index contributed by atoms with van der Waals surface area (Å²) in [5, 5.41) is 20.0. The van der Waals surface area contributed by atoms with Crippen molar-refractivity contribution in [2.75, 3.05) is 18.5 Å². The molecule has 2 rings (SSSR count). The van der Waals surface area contributed by atoms with Crippen molar-refractivity contribution < 1.29 is 5.11 Å². The average molecular weight is 246 g/mol. The molecule has 18 heavy (non-hydrogen) atoms. The Morgan fingerprint density at radius 2 is 2.06 bits per heavy atom. The zero-order valence-corrected chi connectivity index (χ0v) is 10.5. The van der Waals surface area contributed by atoms with E-state index in [9.17, 15) is 0 Å². The molecule has 0 saturated heterocycles. The summed E-state index contributed by atoms with van der Waals surface area (Å²) in [7, 11) is 0. The van der Waals surface area contributed by atoms with Gasteiger partial charge in [0.25, 0.3) is 0 Å². The molecule has 0 bridgehead atoms. The van der Waals surface area contributed by atoms with Crippen molar-refractivity contribution in [3.8, 4) is 11.4 Å². The number of anilines is 1. The van der Waals surface area contributed by atoms with Crippen molar-refractivity contribution >= 4 is 5.69 Å². The first kappa shape index (κ1) is 12.6. The minimum Gasteiger partial charge on any atom is -0.395 e. The number of hydrogen-bond donors (Lipinski definition) is 2. The first-order valence-corrected chi connectivity index (χ1v) is 6.18. The lowest BCUT2D eigenvalue weighted by Gasteiger charge is -2.07. The number of aliphatic hydroxyl groups is 1. The normalized spacial score (nSPS) is 10.6. The SMILES string of the molecule is CCCn1cnnc1-c1ccc(NCCO)cc1. The topological polar surface area (TPSA) is 63.0 Å². The number of hydrogen-bond acceptors (Lipinski definition) is 4. The average Bonchev–Trinajstić information content (AvgIpc) is 2.86. The maximum Gasteiger partial charge on any atom is 0.163 e. The molecular weight excluding hydrogens is 228 g/mol. The van der Waals surface area contributed by atoms with Crippen LogP contribution in [0.3, 0.4) is 0 Å². The molecule has 96 valence electrons. The Labute approximate surface area is 106 Å². The molecule has 0 fully saturated rings. The third-order valence-corrected chi connectivity index (χ3v) is 2.66. The van der Waals surface area contributed by atoms with Gasteiger partial charge in [-0.1, -0.05) is 6.92 Å². The zero-order valence-electron chi connectivity index (χ0n) is 10.5. The van der Waals surface area contributed by atoms with Gasteiger partial charge < -0.3 is 15.0 Å². The van der Waals surface area contributed by atoms with Crippen molar-refractivity contribution in [3.63, 3.8) is 0 Å². The largest absolute Gasteiger partial charge is 0.395 e. The summed E-state index contributed by atoms with van der Waals surface area (Å²) in [6.07, 6.45) is 2.82. The van der Waals surface area contributed by atoms with E-state index in [1.54, 1.807) is 6.33 Å². The second-order valence-corrected chi connectivity index (χ2v) is 4.08. The molecule has 0 spiro atoms. The molecule has 5 nitrogen and oxygen atoms in total. The summed E-state index contributed by atoms with van der Waals surface area (Å²) in [6, 6.07) is 7.98. The van der Waals surface area contributed by atoms with Crippen molar-refractivity contribution in [1.29, 1.82) is 0 Å². The molecule has 2 N–H and O–H groups in total. The van der Waals surface area contributed by atoms with Gasteiger partial charge >= 0.3 is 0 Å². The van der Waals surface area contributed by atoms with Crippen molar-refractivity contribution in [2.24, 2.45) is 0 Å². The minimum absolute atomic E-state index is 0.132. The molecule has 1 aromatic carbocycles. The second-order valence-electron chi connectivity index (χ2n) is 4.08. The van der Waals surface area contributed by atoms with Gasteiger partial charge in [-0.2, -0.15) is 0 Å². The summed E-state index contributed by atoms with van der Waals surface area (Å²) in [6.45, 7) is 3.75.